The van der Waals surface area contributed by atoms with Gasteiger partial charge in [0.25, 0.3) is 0 Å². The zero-order chi connectivity index (χ0) is 12.3. The van der Waals surface area contributed by atoms with Gasteiger partial charge in [0.2, 0.25) is 5.91 Å². The number of carboxylic acid groups (broad SMARTS) is 1. The molecule has 1 saturated heterocycles. The molecular weight excluding hydrogens is 208 g/mol. The van der Waals surface area contributed by atoms with Crippen molar-refractivity contribution in [2.24, 2.45) is 11.1 Å². The summed E-state index contributed by atoms with van der Waals surface area (Å²) in [4.78, 5) is 24.6. The smallest absolute Gasteiger partial charge is 0.311 e. The van der Waals surface area contributed by atoms with Crippen molar-refractivity contribution in [1.82, 2.24) is 4.90 Å². The van der Waals surface area contributed by atoms with Crippen LogP contribution in [-0.4, -0.2) is 41.0 Å². The van der Waals surface area contributed by atoms with Crippen LogP contribution in [0.1, 0.15) is 33.1 Å². The number of nitrogens with two attached hydrogens (primary N) is 1. The fraction of sp³-hybridized carbons (Fsp3) is 0.818. The van der Waals surface area contributed by atoms with E-state index in [0.29, 0.717) is 25.9 Å². The van der Waals surface area contributed by atoms with Crippen molar-refractivity contribution in [2.45, 2.75) is 39.2 Å². The summed E-state index contributed by atoms with van der Waals surface area (Å²) in [5, 5.41) is 9.26. The normalized spacial score (nSPS) is 27.6. The predicted molar refractivity (Wildman–Crippen MR) is 59.8 cm³/mol. The van der Waals surface area contributed by atoms with Crippen LogP contribution in [-0.2, 0) is 9.59 Å². The fourth-order valence-electron chi connectivity index (χ4n) is 2.22. The summed E-state index contributed by atoms with van der Waals surface area (Å²) in [5.74, 6) is -0.962. The van der Waals surface area contributed by atoms with E-state index in [-0.39, 0.29) is 5.91 Å². The Morgan fingerprint density at radius 3 is 2.62 bits per heavy atom. The highest BCUT2D eigenvalue weighted by Gasteiger charge is 2.42. The minimum atomic E-state index is -0.808. The molecule has 0 aromatic heterocycles. The lowest BCUT2D eigenvalue weighted by molar-refractivity contribution is -0.155. The highest BCUT2D eigenvalue weighted by molar-refractivity contribution is 5.83. The van der Waals surface area contributed by atoms with Crippen molar-refractivity contribution in [3.8, 4) is 0 Å². The molecule has 0 bridgehead atoms. The monoisotopic (exact) mass is 228 g/mol. The van der Waals surface area contributed by atoms with Crippen LogP contribution in [0.3, 0.4) is 0 Å². The molecule has 0 aliphatic carbocycles. The summed E-state index contributed by atoms with van der Waals surface area (Å²) in [6, 6.07) is -0.554. The molecule has 0 spiro atoms. The van der Waals surface area contributed by atoms with E-state index in [1.165, 1.54) is 0 Å². The molecule has 1 aliphatic rings. The minimum Gasteiger partial charge on any atom is -0.481 e. The van der Waals surface area contributed by atoms with Crippen LogP contribution in [0.25, 0.3) is 0 Å². The zero-order valence-electron chi connectivity index (χ0n) is 9.90. The van der Waals surface area contributed by atoms with E-state index < -0.39 is 17.4 Å². The summed E-state index contributed by atoms with van der Waals surface area (Å²) in [6.45, 7) is 4.40. The molecule has 5 heteroatoms. The molecule has 1 rings (SSSR count). The second kappa shape index (κ2) is 4.82. The van der Waals surface area contributed by atoms with Crippen LogP contribution in [0.4, 0.5) is 0 Å². The molecule has 16 heavy (non-hydrogen) atoms. The number of nitrogens with zero attached hydrogens (tertiary/aromatic N) is 1. The van der Waals surface area contributed by atoms with Gasteiger partial charge in [-0.3, -0.25) is 9.59 Å². The first-order chi connectivity index (χ1) is 7.43. The second-order valence-corrected chi connectivity index (χ2v) is 4.59. The standard InChI is InChI=1S/C11H20N2O3/c1-3-11(10(15)16)5-4-6-13(7-11)9(14)8(2)12/h8H,3-7,12H2,1-2H3,(H,15,16). The molecule has 1 fully saturated rings. The Kier molecular flexibility index (Phi) is 3.91. The maximum Gasteiger partial charge on any atom is 0.311 e. The van der Waals surface area contributed by atoms with Crippen LogP contribution in [0.15, 0.2) is 0 Å². The average molecular weight is 228 g/mol. The summed E-state index contributed by atoms with van der Waals surface area (Å²) in [6.07, 6.45) is 1.92. The van der Waals surface area contributed by atoms with Crippen molar-refractivity contribution in [2.75, 3.05) is 13.1 Å². The molecule has 1 amide bonds. The molecule has 0 saturated carbocycles. The van der Waals surface area contributed by atoms with Crippen molar-refractivity contribution >= 4 is 11.9 Å². The third-order valence-electron chi connectivity index (χ3n) is 3.41. The van der Waals surface area contributed by atoms with E-state index in [4.69, 9.17) is 5.73 Å². The Hall–Kier alpha value is -1.10. The van der Waals surface area contributed by atoms with Crippen molar-refractivity contribution < 1.29 is 14.7 Å². The molecular formula is C11H20N2O3. The molecule has 0 radical (unpaired) electrons. The molecule has 3 N–H and O–H groups in total. The second-order valence-electron chi connectivity index (χ2n) is 4.59. The Bertz CT molecular complexity index is 291. The quantitative estimate of drug-likeness (QED) is 0.734. The van der Waals surface area contributed by atoms with Gasteiger partial charge >= 0.3 is 5.97 Å². The SMILES string of the molecule is CCC1(C(=O)O)CCCN(C(=O)C(C)N)C1. The number of carboxylic acids is 1. The molecule has 2 atom stereocenters. The average Bonchev–Trinajstić information content (AvgIpc) is 2.27. The van der Waals surface area contributed by atoms with Gasteiger partial charge in [-0.15, -0.1) is 0 Å². The first-order valence-electron chi connectivity index (χ1n) is 5.71. The molecule has 1 aliphatic heterocycles. The van der Waals surface area contributed by atoms with Crippen LogP contribution in [0, 0.1) is 5.41 Å². The van der Waals surface area contributed by atoms with Gasteiger partial charge in [-0.2, -0.15) is 0 Å². The van der Waals surface area contributed by atoms with E-state index >= 15 is 0 Å². The Morgan fingerprint density at radius 1 is 1.56 bits per heavy atom. The number of hydrogen-bond donors (Lipinski definition) is 2. The van der Waals surface area contributed by atoms with Gasteiger partial charge in [0.15, 0.2) is 0 Å². The maximum atomic E-state index is 11.7. The highest BCUT2D eigenvalue weighted by Crippen LogP contribution is 2.33. The number of carbonyl (C=O) groups is 2. The molecule has 5 nitrogen and oxygen atoms in total. The number of hydrogen-bond acceptors (Lipinski definition) is 3. The van der Waals surface area contributed by atoms with Gasteiger partial charge in [0, 0.05) is 13.1 Å². The summed E-state index contributed by atoms with van der Waals surface area (Å²) >= 11 is 0. The Labute approximate surface area is 95.6 Å². The predicted octanol–water partition coefficient (Wildman–Crippen LogP) is 0.437. The molecule has 1 heterocycles. The first kappa shape index (κ1) is 13.0. The lowest BCUT2D eigenvalue weighted by atomic mass is 9.77. The summed E-state index contributed by atoms with van der Waals surface area (Å²) in [5.41, 5.74) is 4.76. The first-order valence-corrected chi connectivity index (χ1v) is 5.71. The zero-order valence-corrected chi connectivity index (χ0v) is 9.90. The van der Waals surface area contributed by atoms with Gasteiger partial charge in [0.05, 0.1) is 11.5 Å². The van der Waals surface area contributed by atoms with Crippen molar-refractivity contribution in [3.63, 3.8) is 0 Å². The third-order valence-corrected chi connectivity index (χ3v) is 3.41. The largest absolute Gasteiger partial charge is 0.481 e. The van der Waals surface area contributed by atoms with E-state index in [9.17, 15) is 14.7 Å². The van der Waals surface area contributed by atoms with Gasteiger partial charge in [-0.25, -0.2) is 0 Å². The van der Waals surface area contributed by atoms with E-state index in [1.807, 2.05) is 6.92 Å². The molecule has 92 valence electrons. The minimum absolute atomic E-state index is 0.154. The van der Waals surface area contributed by atoms with Gasteiger partial charge < -0.3 is 15.7 Å². The Balaban J connectivity index is 2.80. The number of carbonyl (C=O) groups excluding carboxylic acids is 1. The van der Waals surface area contributed by atoms with Crippen LogP contribution >= 0.6 is 0 Å². The Morgan fingerprint density at radius 2 is 2.19 bits per heavy atom. The van der Waals surface area contributed by atoms with Gasteiger partial charge in [0.1, 0.15) is 0 Å². The van der Waals surface area contributed by atoms with Crippen LogP contribution in [0.2, 0.25) is 0 Å². The number of likely N-dealkylation sites (tertiary alicyclic amines) is 1. The number of amides is 1. The lowest BCUT2D eigenvalue weighted by Gasteiger charge is -2.40. The van der Waals surface area contributed by atoms with Crippen LogP contribution in [0.5, 0.6) is 0 Å². The van der Waals surface area contributed by atoms with Crippen molar-refractivity contribution in [3.05, 3.63) is 0 Å². The molecule has 2 unspecified atom stereocenters. The number of rotatable bonds is 3. The van der Waals surface area contributed by atoms with Crippen molar-refractivity contribution in [1.29, 1.82) is 0 Å². The summed E-state index contributed by atoms with van der Waals surface area (Å²) < 4.78 is 0. The van der Waals surface area contributed by atoms with Crippen LogP contribution < -0.4 is 5.73 Å². The molecule has 0 aromatic rings. The fourth-order valence-corrected chi connectivity index (χ4v) is 2.22. The molecule has 0 aromatic carbocycles. The number of aliphatic carboxylic acids is 1. The number of piperidine rings is 1. The maximum absolute atomic E-state index is 11.7. The van der Waals surface area contributed by atoms with E-state index in [0.717, 1.165) is 6.42 Å². The van der Waals surface area contributed by atoms with E-state index in [2.05, 4.69) is 0 Å². The topological polar surface area (TPSA) is 83.6 Å². The summed E-state index contributed by atoms with van der Waals surface area (Å²) in [7, 11) is 0. The lowest BCUT2D eigenvalue weighted by Crippen LogP contribution is -2.53. The highest BCUT2D eigenvalue weighted by atomic mass is 16.4. The third kappa shape index (κ3) is 2.35. The van der Waals surface area contributed by atoms with Gasteiger partial charge in [-0.05, 0) is 26.2 Å². The van der Waals surface area contributed by atoms with Gasteiger partial charge in [-0.1, -0.05) is 6.92 Å². The van der Waals surface area contributed by atoms with E-state index in [1.54, 1.807) is 11.8 Å².